The van der Waals surface area contributed by atoms with Gasteiger partial charge in [-0.3, -0.25) is 4.79 Å². The lowest BCUT2D eigenvalue weighted by atomic mass is 9.78. The van der Waals surface area contributed by atoms with Crippen LogP contribution in [0.1, 0.15) is 156 Å². The number of phenolic OH excluding ortho intramolecular Hbond substituents is 1. The fraction of sp³-hybridized carbons (Fsp3) is 0.811. The minimum Gasteiger partial charge on any atom is -0.507 e. The van der Waals surface area contributed by atoms with Gasteiger partial charge in [-0.25, -0.2) is 0 Å². The summed E-state index contributed by atoms with van der Waals surface area (Å²) in [5, 5.41) is 11.1. The van der Waals surface area contributed by atoms with Crippen molar-refractivity contribution in [2.24, 2.45) is 0 Å². The number of aryl methyl sites for hydroxylation is 1. The Morgan fingerprint density at radius 2 is 1.07 bits per heavy atom. The molecule has 0 fully saturated rings. The molecule has 0 bridgehead atoms. The maximum absolute atomic E-state index is 13.5. The van der Waals surface area contributed by atoms with E-state index in [1.165, 1.54) is 88.6 Å². The number of amides is 1. The number of carbonyl (C=O) groups excluding carboxylic acids is 1. The Hall–Kier alpha value is -0.810. The summed E-state index contributed by atoms with van der Waals surface area (Å²) in [6.07, 6.45) is 17.3. The van der Waals surface area contributed by atoms with E-state index in [0.29, 0.717) is 12.2 Å². The minimum absolute atomic E-state index is 0.156. The molecular weight excluding hydrogens is 555 g/mol. The number of benzene rings is 1. The number of nitrogens with zero attached hydrogens (tertiary/aromatic N) is 1. The fourth-order valence-electron chi connectivity index (χ4n) is 5.28. The Morgan fingerprint density at radius 1 is 0.667 bits per heavy atom. The molecule has 0 radical (unpaired) electrons. The maximum Gasteiger partial charge on any atom is 0.222 e. The molecule has 0 saturated carbocycles. The highest BCUT2D eigenvalue weighted by atomic mass is 32.2. The van der Waals surface area contributed by atoms with Gasteiger partial charge in [0.2, 0.25) is 5.91 Å². The van der Waals surface area contributed by atoms with Gasteiger partial charge in [-0.15, -0.1) is 0 Å². The van der Waals surface area contributed by atoms with E-state index in [1.807, 2.05) is 23.5 Å². The molecule has 1 aromatic carbocycles. The number of aromatic hydroxyl groups is 1. The largest absolute Gasteiger partial charge is 0.507 e. The Balaban J connectivity index is 2.72. The van der Waals surface area contributed by atoms with Crippen LogP contribution in [0.4, 0.5) is 0 Å². The predicted octanol–water partition coefficient (Wildman–Crippen LogP) is 10.9. The quantitative estimate of drug-likeness (QED) is 0.123. The van der Waals surface area contributed by atoms with Crippen LogP contribution in [0.15, 0.2) is 12.1 Å². The van der Waals surface area contributed by atoms with Crippen LogP contribution in [0.2, 0.25) is 0 Å². The van der Waals surface area contributed by atoms with Crippen molar-refractivity contribution in [2.45, 2.75) is 156 Å². The summed E-state index contributed by atoms with van der Waals surface area (Å²) in [6.45, 7) is 19.1. The first-order valence-electron chi connectivity index (χ1n) is 17.2. The minimum atomic E-state index is -0.156. The molecule has 0 heterocycles. The summed E-state index contributed by atoms with van der Waals surface area (Å²) < 4.78 is 0. The van der Waals surface area contributed by atoms with E-state index in [2.05, 4.69) is 72.4 Å². The van der Waals surface area contributed by atoms with Gasteiger partial charge in [0.05, 0.1) is 0 Å². The molecule has 0 aromatic heterocycles. The standard InChI is InChI=1S/C37H67NO2S2/c1-9-11-13-15-17-19-25-41-27-23-38(24-28-42-26-20-18-16-14-12-10-2)34(39)22-21-31-29-32(36(3,4)5)35(40)33(30-31)37(6,7)8/h29-30,40H,9-28H2,1-8H3. The SMILES string of the molecule is CCCCCCCCSCCN(CCSCCCCCCCC)C(=O)CCc1cc(C(C)(C)C)c(O)c(C(C)(C)C)c1. The monoisotopic (exact) mass is 621 g/mol. The second-order valence-electron chi connectivity index (χ2n) is 14.2. The van der Waals surface area contributed by atoms with Gasteiger partial charge >= 0.3 is 0 Å². The average Bonchev–Trinajstić information content (AvgIpc) is 2.92. The summed E-state index contributed by atoms with van der Waals surface area (Å²) in [5.41, 5.74) is 2.80. The van der Waals surface area contributed by atoms with Crippen LogP contribution in [-0.2, 0) is 22.0 Å². The van der Waals surface area contributed by atoms with Gasteiger partial charge in [0.25, 0.3) is 0 Å². The highest BCUT2D eigenvalue weighted by molar-refractivity contribution is 7.99. The van der Waals surface area contributed by atoms with Gasteiger partial charge < -0.3 is 10.0 Å². The molecule has 0 aliphatic rings. The molecule has 1 rings (SSSR count). The average molecular weight is 622 g/mol. The highest BCUT2D eigenvalue weighted by Crippen LogP contribution is 2.40. The van der Waals surface area contributed by atoms with Crippen LogP contribution in [0, 0.1) is 0 Å². The summed E-state index contributed by atoms with van der Waals surface area (Å²) >= 11 is 4.03. The summed E-state index contributed by atoms with van der Waals surface area (Å²) in [6, 6.07) is 4.27. The zero-order valence-corrected chi connectivity index (χ0v) is 30.5. The van der Waals surface area contributed by atoms with Crippen LogP contribution >= 0.6 is 23.5 Å². The van der Waals surface area contributed by atoms with Crippen LogP contribution in [-0.4, -0.2) is 52.0 Å². The van der Waals surface area contributed by atoms with Crippen LogP contribution < -0.4 is 0 Å². The number of hydrogen-bond acceptors (Lipinski definition) is 4. The van der Waals surface area contributed by atoms with Gasteiger partial charge in [-0.05, 0) is 58.3 Å². The lowest BCUT2D eigenvalue weighted by Crippen LogP contribution is -2.35. The van der Waals surface area contributed by atoms with Crippen molar-refractivity contribution < 1.29 is 9.90 Å². The molecule has 5 heteroatoms. The lowest BCUT2D eigenvalue weighted by Gasteiger charge is -2.28. The first-order valence-corrected chi connectivity index (χ1v) is 19.5. The maximum atomic E-state index is 13.5. The number of phenols is 1. The van der Waals surface area contributed by atoms with Crippen molar-refractivity contribution in [1.82, 2.24) is 4.90 Å². The van der Waals surface area contributed by atoms with Gasteiger partial charge in [0.1, 0.15) is 5.75 Å². The second kappa shape index (κ2) is 21.8. The van der Waals surface area contributed by atoms with Crippen LogP contribution in [0.3, 0.4) is 0 Å². The third kappa shape index (κ3) is 16.9. The number of carbonyl (C=O) groups is 1. The number of rotatable bonds is 23. The van der Waals surface area contributed by atoms with Crippen molar-refractivity contribution >= 4 is 29.4 Å². The third-order valence-corrected chi connectivity index (χ3v) is 10.2. The van der Waals surface area contributed by atoms with E-state index in [0.717, 1.165) is 47.7 Å². The van der Waals surface area contributed by atoms with Crippen molar-refractivity contribution in [1.29, 1.82) is 0 Å². The molecule has 1 amide bonds. The zero-order chi connectivity index (χ0) is 31.4. The smallest absolute Gasteiger partial charge is 0.222 e. The molecule has 3 nitrogen and oxygen atoms in total. The molecule has 1 N–H and O–H groups in total. The Kier molecular flexibility index (Phi) is 20.4. The molecule has 244 valence electrons. The summed E-state index contributed by atoms with van der Waals surface area (Å²) in [7, 11) is 0. The predicted molar refractivity (Wildman–Crippen MR) is 192 cm³/mol. The van der Waals surface area contributed by atoms with E-state index >= 15 is 0 Å². The molecular formula is C37H67NO2S2. The molecule has 1 aromatic rings. The number of hydrogen-bond donors (Lipinski definition) is 1. The van der Waals surface area contributed by atoms with E-state index in [-0.39, 0.29) is 16.7 Å². The summed E-state index contributed by atoms with van der Waals surface area (Å²) in [4.78, 5) is 15.7. The van der Waals surface area contributed by atoms with Crippen molar-refractivity contribution in [2.75, 3.05) is 36.1 Å². The first kappa shape index (κ1) is 39.2. The third-order valence-electron chi connectivity index (χ3n) is 8.06. The van der Waals surface area contributed by atoms with E-state index in [1.54, 1.807) is 0 Å². The first-order chi connectivity index (χ1) is 19.9. The van der Waals surface area contributed by atoms with E-state index in [4.69, 9.17) is 0 Å². The van der Waals surface area contributed by atoms with Gasteiger partial charge in [0.15, 0.2) is 0 Å². The normalized spacial score (nSPS) is 12.2. The zero-order valence-electron chi connectivity index (χ0n) is 28.9. The molecule has 0 aliphatic heterocycles. The van der Waals surface area contributed by atoms with E-state index < -0.39 is 0 Å². The van der Waals surface area contributed by atoms with Crippen molar-refractivity contribution in [3.63, 3.8) is 0 Å². The molecule has 0 unspecified atom stereocenters. The Bertz CT molecular complexity index is 799. The lowest BCUT2D eigenvalue weighted by molar-refractivity contribution is -0.130. The van der Waals surface area contributed by atoms with Crippen LogP contribution in [0.5, 0.6) is 5.75 Å². The highest BCUT2D eigenvalue weighted by Gasteiger charge is 2.26. The van der Waals surface area contributed by atoms with Crippen molar-refractivity contribution in [3.8, 4) is 5.75 Å². The second-order valence-corrected chi connectivity index (χ2v) is 16.6. The number of unbranched alkanes of at least 4 members (excludes halogenated alkanes) is 10. The van der Waals surface area contributed by atoms with Crippen molar-refractivity contribution in [3.05, 3.63) is 28.8 Å². The Labute approximate surface area is 270 Å². The van der Waals surface area contributed by atoms with Gasteiger partial charge in [-0.2, -0.15) is 23.5 Å². The van der Waals surface area contributed by atoms with Gasteiger partial charge in [-0.1, -0.05) is 132 Å². The Morgan fingerprint density at radius 3 is 1.48 bits per heavy atom. The molecule has 0 aliphatic carbocycles. The van der Waals surface area contributed by atoms with Gasteiger partial charge in [0, 0.05) is 31.0 Å². The molecule has 0 atom stereocenters. The molecule has 42 heavy (non-hydrogen) atoms. The number of thioether (sulfide) groups is 2. The van der Waals surface area contributed by atoms with E-state index in [9.17, 15) is 9.90 Å². The fourth-order valence-corrected chi connectivity index (χ4v) is 7.20. The molecule has 0 spiro atoms. The summed E-state index contributed by atoms with van der Waals surface area (Å²) in [5.74, 6) is 5.17. The topological polar surface area (TPSA) is 40.5 Å². The molecule has 0 saturated heterocycles. The van der Waals surface area contributed by atoms with Crippen LogP contribution in [0.25, 0.3) is 0 Å².